The summed E-state index contributed by atoms with van der Waals surface area (Å²) in [6.07, 6.45) is 7.23. The predicted molar refractivity (Wildman–Crippen MR) is 141 cm³/mol. The molecule has 0 aromatic heterocycles. The number of nitrogens with zero attached hydrogens (tertiary/aromatic N) is 3. The van der Waals surface area contributed by atoms with Crippen molar-refractivity contribution < 1.29 is 13.2 Å². The van der Waals surface area contributed by atoms with Gasteiger partial charge in [0.25, 0.3) is 0 Å². The van der Waals surface area contributed by atoms with Crippen molar-refractivity contribution in [3.8, 4) is 0 Å². The number of amides is 1. The van der Waals surface area contributed by atoms with Gasteiger partial charge < -0.3 is 5.32 Å². The smallest absolute Gasteiger partial charge is 0.243 e. The molecule has 0 radical (unpaired) electrons. The Kier molecular flexibility index (Phi) is 8.73. The van der Waals surface area contributed by atoms with E-state index in [-0.39, 0.29) is 16.8 Å². The number of nitrogens with one attached hydrogen (secondary N) is 1. The number of anilines is 1. The maximum atomic E-state index is 12.8. The third-order valence-corrected chi connectivity index (χ3v) is 8.80. The maximum absolute atomic E-state index is 12.8. The van der Waals surface area contributed by atoms with Crippen LogP contribution in [-0.2, 0) is 14.8 Å². The van der Waals surface area contributed by atoms with Crippen LogP contribution >= 0.6 is 0 Å². The molecule has 2 aliphatic rings. The number of hydrogen-bond donors (Lipinski definition) is 1. The molecule has 1 N–H and O–H groups in total. The van der Waals surface area contributed by atoms with E-state index >= 15 is 0 Å². The van der Waals surface area contributed by atoms with Crippen molar-refractivity contribution in [2.45, 2.75) is 37.1 Å². The molecule has 0 saturated carbocycles. The fourth-order valence-corrected chi connectivity index (χ4v) is 6.13. The second-order valence-corrected chi connectivity index (χ2v) is 11.2. The molecule has 8 heteroatoms. The van der Waals surface area contributed by atoms with Gasteiger partial charge in [-0.3, -0.25) is 14.6 Å². The zero-order valence-corrected chi connectivity index (χ0v) is 21.3. The Morgan fingerprint density at radius 3 is 2.23 bits per heavy atom. The van der Waals surface area contributed by atoms with Crippen LogP contribution in [0.2, 0.25) is 0 Å². The fourth-order valence-electron chi connectivity index (χ4n) is 4.61. The summed E-state index contributed by atoms with van der Waals surface area (Å²) in [6.45, 7) is 7.48. The molecule has 0 aliphatic carbocycles. The van der Waals surface area contributed by atoms with E-state index in [9.17, 15) is 13.2 Å². The van der Waals surface area contributed by atoms with Gasteiger partial charge in [-0.1, -0.05) is 48.9 Å². The highest BCUT2D eigenvalue weighted by molar-refractivity contribution is 7.89. The standard InChI is InChI=1S/C27H36N4O3S/c1-23(30-21-19-29(20-22-30)16-8-11-24-9-4-2-5-10-24)27(32)28-25-12-14-26(15-13-25)35(33,34)31-17-6-3-7-18-31/h2,4-5,8-15,23H,3,6-7,16-22H2,1H3,(H,28,32)/b11-8+. The summed E-state index contributed by atoms with van der Waals surface area (Å²) < 4.78 is 27.2. The summed E-state index contributed by atoms with van der Waals surface area (Å²) in [4.78, 5) is 17.7. The molecule has 2 saturated heterocycles. The van der Waals surface area contributed by atoms with Gasteiger partial charge in [-0.2, -0.15) is 4.31 Å². The molecule has 2 aromatic carbocycles. The van der Waals surface area contributed by atoms with Crippen molar-refractivity contribution in [2.75, 3.05) is 51.1 Å². The molecule has 188 valence electrons. The normalized spacial score (nSPS) is 19.6. The minimum absolute atomic E-state index is 0.0749. The Hall–Kier alpha value is -2.52. The van der Waals surface area contributed by atoms with E-state index in [1.807, 2.05) is 25.1 Å². The Morgan fingerprint density at radius 1 is 0.914 bits per heavy atom. The van der Waals surface area contributed by atoms with Gasteiger partial charge in [-0.15, -0.1) is 0 Å². The average molecular weight is 497 g/mol. The predicted octanol–water partition coefficient (Wildman–Crippen LogP) is 3.52. The monoisotopic (exact) mass is 496 g/mol. The van der Waals surface area contributed by atoms with Crippen LogP contribution in [0.15, 0.2) is 65.6 Å². The molecule has 0 bridgehead atoms. The molecule has 2 aromatic rings. The first-order chi connectivity index (χ1) is 16.9. The van der Waals surface area contributed by atoms with Crippen LogP contribution in [0.3, 0.4) is 0 Å². The number of sulfonamides is 1. The summed E-state index contributed by atoms with van der Waals surface area (Å²) in [6, 6.07) is 16.6. The Labute approximate surface area is 209 Å². The minimum atomic E-state index is -3.47. The maximum Gasteiger partial charge on any atom is 0.243 e. The Balaban J connectivity index is 1.24. The first-order valence-corrected chi connectivity index (χ1v) is 14.0. The lowest BCUT2D eigenvalue weighted by atomic mass is 10.2. The molecule has 2 heterocycles. The van der Waals surface area contributed by atoms with Crippen LogP contribution < -0.4 is 5.32 Å². The van der Waals surface area contributed by atoms with Crippen molar-refractivity contribution in [1.29, 1.82) is 0 Å². The molecular weight excluding hydrogens is 460 g/mol. The first kappa shape index (κ1) is 25.6. The number of piperidine rings is 1. The van der Waals surface area contributed by atoms with Gasteiger partial charge in [0, 0.05) is 51.5 Å². The van der Waals surface area contributed by atoms with Crippen LogP contribution in [0.5, 0.6) is 0 Å². The van der Waals surface area contributed by atoms with Gasteiger partial charge in [-0.05, 0) is 49.6 Å². The zero-order chi connectivity index (χ0) is 24.7. The summed E-state index contributed by atoms with van der Waals surface area (Å²) in [5.74, 6) is -0.0749. The molecule has 0 spiro atoms. The lowest BCUT2D eigenvalue weighted by Gasteiger charge is -2.37. The molecule has 1 atom stereocenters. The van der Waals surface area contributed by atoms with Gasteiger partial charge in [-0.25, -0.2) is 8.42 Å². The molecule has 2 fully saturated rings. The van der Waals surface area contributed by atoms with E-state index in [0.717, 1.165) is 52.0 Å². The largest absolute Gasteiger partial charge is 0.325 e. The van der Waals surface area contributed by atoms with Gasteiger partial charge in [0.05, 0.1) is 10.9 Å². The minimum Gasteiger partial charge on any atom is -0.325 e. The lowest BCUT2D eigenvalue weighted by molar-refractivity contribution is -0.121. The zero-order valence-electron chi connectivity index (χ0n) is 20.5. The van der Waals surface area contributed by atoms with Crippen molar-refractivity contribution in [3.63, 3.8) is 0 Å². The van der Waals surface area contributed by atoms with E-state index < -0.39 is 10.0 Å². The van der Waals surface area contributed by atoms with Gasteiger partial charge in [0.2, 0.25) is 15.9 Å². The molecule has 1 unspecified atom stereocenters. The number of benzene rings is 2. The number of rotatable bonds is 8. The first-order valence-electron chi connectivity index (χ1n) is 12.5. The van der Waals surface area contributed by atoms with Crippen molar-refractivity contribution in [2.24, 2.45) is 0 Å². The van der Waals surface area contributed by atoms with E-state index in [4.69, 9.17) is 0 Å². The Bertz CT molecular complexity index is 1090. The van der Waals surface area contributed by atoms with Crippen molar-refractivity contribution in [1.82, 2.24) is 14.1 Å². The van der Waals surface area contributed by atoms with E-state index in [1.165, 1.54) is 5.56 Å². The third kappa shape index (κ3) is 6.79. The molecule has 4 rings (SSSR count). The molecule has 35 heavy (non-hydrogen) atoms. The van der Waals surface area contributed by atoms with Gasteiger partial charge >= 0.3 is 0 Å². The molecular formula is C27H36N4O3S. The summed E-state index contributed by atoms with van der Waals surface area (Å²) >= 11 is 0. The topological polar surface area (TPSA) is 73.0 Å². The number of hydrogen-bond acceptors (Lipinski definition) is 5. The van der Waals surface area contributed by atoms with Crippen molar-refractivity contribution >= 4 is 27.7 Å². The second kappa shape index (κ2) is 11.9. The molecule has 2 aliphatic heterocycles. The quantitative estimate of drug-likeness (QED) is 0.606. The van der Waals surface area contributed by atoms with Gasteiger partial charge in [0.1, 0.15) is 0 Å². The molecule has 1 amide bonds. The van der Waals surface area contributed by atoms with E-state index in [1.54, 1.807) is 28.6 Å². The lowest BCUT2D eigenvalue weighted by Crippen LogP contribution is -2.52. The van der Waals surface area contributed by atoms with Gasteiger partial charge in [0.15, 0.2) is 0 Å². The van der Waals surface area contributed by atoms with Crippen LogP contribution in [0.4, 0.5) is 5.69 Å². The van der Waals surface area contributed by atoms with Crippen LogP contribution in [0.1, 0.15) is 31.7 Å². The summed E-state index contributed by atoms with van der Waals surface area (Å²) in [5.41, 5.74) is 1.82. The van der Waals surface area contributed by atoms with Crippen LogP contribution in [0, 0.1) is 0 Å². The molecule has 7 nitrogen and oxygen atoms in total. The number of carbonyl (C=O) groups is 1. The second-order valence-electron chi connectivity index (χ2n) is 9.30. The third-order valence-electron chi connectivity index (χ3n) is 6.88. The van der Waals surface area contributed by atoms with Crippen molar-refractivity contribution in [3.05, 3.63) is 66.2 Å². The average Bonchev–Trinajstić information content (AvgIpc) is 2.90. The highest BCUT2D eigenvalue weighted by Crippen LogP contribution is 2.22. The number of carbonyl (C=O) groups excluding carboxylic acids is 1. The highest BCUT2D eigenvalue weighted by atomic mass is 32.2. The Morgan fingerprint density at radius 2 is 1.57 bits per heavy atom. The summed E-state index contributed by atoms with van der Waals surface area (Å²) in [5, 5.41) is 2.95. The summed E-state index contributed by atoms with van der Waals surface area (Å²) in [7, 11) is -3.47. The number of piperazine rings is 1. The fraction of sp³-hybridized carbons (Fsp3) is 0.444. The highest BCUT2D eigenvalue weighted by Gasteiger charge is 2.27. The SMILES string of the molecule is CC(C(=O)Nc1ccc(S(=O)(=O)N2CCCCC2)cc1)N1CCN(C/C=C/c2ccccc2)CC1. The van der Waals surface area contributed by atoms with E-state index in [2.05, 4.69) is 39.4 Å². The van der Waals surface area contributed by atoms with Crippen LogP contribution in [0.25, 0.3) is 6.08 Å². The van der Waals surface area contributed by atoms with Crippen LogP contribution in [-0.4, -0.2) is 80.3 Å². The van der Waals surface area contributed by atoms with E-state index in [0.29, 0.717) is 18.8 Å².